The summed E-state index contributed by atoms with van der Waals surface area (Å²) in [5, 5.41) is 3.68. The highest BCUT2D eigenvalue weighted by Crippen LogP contribution is 2.40. The average molecular weight is 330 g/mol. The van der Waals surface area contributed by atoms with Crippen molar-refractivity contribution in [2.24, 2.45) is 0 Å². The molecular weight excluding hydrogens is 310 g/mol. The fraction of sp³-hybridized carbons (Fsp3) is 0.333. The summed E-state index contributed by atoms with van der Waals surface area (Å²) < 4.78 is 1.14. The summed E-state index contributed by atoms with van der Waals surface area (Å²) in [5.41, 5.74) is 5.52. The van der Waals surface area contributed by atoms with Crippen LogP contribution < -0.4 is 5.32 Å². The number of nitrogens with one attached hydrogen (secondary N) is 1. The van der Waals surface area contributed by atoms with Gasteiger partial charge in [0, 0.05) is 16.2 Å². The van der Waals surface area contributed by atoms with E-state index in [0.717, 1.165) is 10.4 Å². The Hall–Kier alpha value is -1.28. The highest BCUT2D eigenvalue weighted by molar-refractivity contribution is 9.10. The van der Waals surface area contributed by atoms with Gasteiger partial charge in [0.15, 0.2) is 0 Å². The summed E-state index contributed by atoms with van der Waals surface area (Å²) in [6.45, 7) is 4.38. The molecular formula is C18H20BrN. The number of halogens is 1. The average Bonchev–Trinajstić information content (AvgIpc) is 2.38. The van der Waals surface area contributed by atoms with Crippen molar-refractivity contribution in [2.45, 2.75) is 38.6 Å². The van der Waals surface area contributed by atoms with Crippen LogP contribution in [-0.4, -0.2) is 6.04 Å². The molecule has 1 fully saturated rings. The van der Waals surface area contributed by atoms with Gasteiger partial charge in [0.1, 0.15) is 0 Å². The molecule has 20 heavy (non-hydrogen) atoms. The minimum atomic E-state index is 0.604. The van der Waals surface area contributed by atoms with Crippen molar-refractivity contribution in [3.63, 3.8) is 0 Å². The molecule has 1 N–H and O–H groups in total. The van der Waals surface area contributed by atoms with Crippen molar-refractivity contribution in [3.8, 4) is 0 Å². The monoisotopic (exact) mass is 329 g/mol. The van der Waals surface area contributed by atoms with Gasteiger partial charge < -0.3 is 5.32 Å². The van der Waals surface area contributed by atoms with Gasteiger partial charge in [-0.25, -0.2) is 0 Å². The van der Waals surface area contributed by atoms with E-state index in [1.165, 1.54) is 35.2 Å². The predicted molar refractivity (Wildman–Crippen MR) is 89.4 cm³/mol. The SMILES string of the molecule is Cc1ccc(Br)cc1NC1CC(c2ccccc2C)C1. The molecule has 2 aromatic carbocycles. The van der Waals surface area contributed by atoms with Crippen LogP contribution in [0.4, 0.5) is 5.69 Å². The standard InChI is InChI=1S/C18H20BrN/c1-12-5-3-4-6-17(12)14-9-16(10-14)20-18-11-15(19)8-7-13(18)2/h3-8,11,14,16,20H,9-10H2,1-2H3. The van der Waals surface area contributed by atoms with Gasteiger partial charge in [-0.15, -0.1) is 0 Å². The molecule has 1 saturated carbocycles. The molecule has 0 aromatic heterocycles. The zero-order valence-corrected chi connectivity index (χ0v) is 13.6. The quantitative estimate of drug-likeness (QED) is 0.792. The number of rotatable bonds is 3. The van der Waals surface area contributed by atoms with E-state index in [9.17, 15) is 0 Å². The van der Waals surface area contributed by atoms with Gasteiger partial charge in [-0.2, -0.15) is 0 Å². The molecule has 1 aliphatic rings. The van der Waals surface area contributed by atoms with E-state index in [1.807, 2.05) is 0 Å². The summed E-state index contributed by atoms with van der Waals surface area (Å²) in [7, 11) is 0. The number of hydrogen-bond acceptors (Lipinski definition) is 1. The predicted octanol–water partition coefficient (Wildman–Crippen LogP) is 5.42. The Morgan fingerprint density at radius 2 is 1.75 bits per heavy atom. The minimum absolute atomic E-state index is 0.604. The largest absolute Gasteiger partial charge is 0.382 e. The summed E-state index contributed by atoms with van der Waals surface area (Å²) in [4.78, 5) is 0. The van der Waals surface area contributed by atoms with E-state index in [-0.39, 0.29) is 0 Å². The van der Waals surface area contributed by atoms with Crippen LogP contribution in [0.3, 0.4) is 0 Å². The molecule has 1 aliphatic carbocycles. The maximum absolute atomic E-state index is 3.68. The van der Waals surface area contributed by atoms with Crippen LogP contribution >= 0.6 is 15.9 Å². The lowest BCUT2D eigenvalue weighted by Crippen LogP contribution is -2.34. The summed E-state index contributed by atoms with van der Waals surface area (Å²) in [5.74, 6) is 0.723. The Morgan fingerprint density at radius 1 is 1.00 bits per heavy atom. The lowest BCUT2D eigenvalue weighted by Gasteiger charge is -2.38. The zero-order chi connectivity index (χ0) is 14.1. The molecule has 0 bridgehead atoms. The first-order valence-corrected chi connectivity index (χ1v) is 8.01. The fourth-order valence-electron chi connectivity index (χ4n) is 3.00. The van der Waals surface area contributed by atoms with Gasteiger partial charge in [0.25, 0.3) is 0 Å². The Kier molecular flexibility index (Phi) is 3.84. The summed E-state index contributed by atoms with van der Waals surface area (Å²) >= 11 is 3.54. The Labute approximate surface area is 129 Å². The summed E-state index contributed by atoms with van der Waals surface area (Å²) in [6.07, 6.45) is 2.47. The van der Waals surface area contributed by atoms with Crippen LogP contribution in [-0.2, 0) is 0 Å². The minimum Gasteiger partial charge on any atom is -0.382 e. The third kappa shape index (κ3) is 2.76. The molecule has 3 rings (SSSR count). The van der Waals surface area contributed by atoms with E-state index in [2.05, 4.69) is 77.6 Å². The molecule has 0 heterocycles. The smallest absolute Gasteiger partial charge is 0.0383 e. The Morgan fingerprint density at radius 3 is 2.50 bits per heavy atom. The van der Waals surface area contributed by atoms with Crippen LogP contribution in [0.15, 0.2) is 46.9 Å². The molecule has 0 unspecified atom stereocenters. The number of anilines is 1. The van der Waals surface area contributed by atoms with E-state index < -0.39 is 0 Å². The molecule has 2 heteroatoms. The first-order valence-electron chi connectivity index (χ1n) is 7.21. The third-order valence-corrected chi connectivity index (χ3v) is 4.82. The first-order chi connectivity index (χ1) is 9.63. The molecule has 0 amide bonds. The van der Waals surface area contributed by atoms with Crippen LogP contribution in [0.2, 0.25) is 0 Å². The van der Waals surface area contributed by atoms with E-state index in [4.69, 9.17) is 0 Å². The van der Waals surface area contributed by atoms with Crippen molar-refractivity contribution < 1.29 is 0 Å². The molecule has 0 atom stereocenters. The molecule has 104 valence electrons. The van der Waals surface area contributed by atoms with Crippen molar-refractivity contribution in [1.82, 2.24) is 0 Å². The van der Waals surface area contributed by atoms with Gasteiger partial charge in [-0.1, -0.05) is 46.3 Å². The maximum Gasteiger partial charge on any atom is 0.0383 e. The van der Waals surface area contributed by atoms with Crippen LogP contribution in [0.1, 0.15) is 35.4 Å². The fourth-order valence-corrected chi connectivity index (χ4v) is 3.37. The van der Waals surface area contributed by atoms with E-state index in [1.54, 1.807) is 0 Å². The molecule has 0 aliphatic heterocycles. The van der Waals surface area contributed by atoms with E-state index >= 15 is 0 Å². The molecule has 0 saturated heterocycles. The number of aryl methyl sites for hydroxylation is 2. The van der Waals surface area contributed by atoms with Crippen molar-refractivity contribution >= 4 is 21.6 Å². The van der Waals surface area contributed by atoms with Crippen molar-refractivity contribution in [3.05, 3.63) is 63.6 Å². The first kappa shape index (κ1) is 13.7. The molecule has 0 spiro atoms. The second kappa shape index (κ2) is 5.61. The van der Waals surface area contributed by atoms with Crippen LogP contribution in [0.25, 0.3) is 0 Å². The second-order valence-electron chi connectivity index (χ2n) is 5.83. The number of benzene rings is 2. The second-order valence-corrected chi connectivity index (χ2v) is 6.74. The highest BCUT2D eigenvalue weighted by Gasteiger charge is 2.31. The normalized spacial score (nSPS) is 21.4. The zero-order valence-electron chi connectivity index (χ0n) is 12.0. The van der Waals surface area contributed by atoms with Crippen LogP contribution in [0.5, 0.6) is 0 Å². The Bertz CT molecular complexity index is 615. The topological polar surface area (TPSA) is 12.0 Å². The number of hydrogen-bond donors (Lipinski definition) is 1. The molecule has 2 aromatic rings. The van der Waals surface area contributed by atoms with Gasteiger partial charge in [-0.05, 0) is 61.4 Å². The molecule has 0 radical (unpaired) electrons. The van der Waals surface area contributed by atoms with Gasteiger partial charge in [0.2, 0.25) is 0 Å². The maximum atomic E-state index is 3.68. The summed E-state index contributed by atoms with van der Waals surface area (Å²) in [6, 6.07) is 15.8. The van der Waals surface area contributed by atoms with Crippen LogP contribution in [0, 0.1) is 13.8 Å². The van der Waals surface area contributed by atoms with E-state index in [0.29, 0.717) is 6.04 Å². The van der Waals surface area contributed by atoms with Crippen molar-refractivity contribution in [2.75, 3.05) is 5.32 Å². The Balaban J connectivity index is 1.64. The molecule has 1 nitrogen and oxygen atoms in total. The highest BCUT2D eigenvalue weighted by atomic mass is 79.9. The third-order valence-electron chi connectivity index (χ3n) is 4.33. The van der Waals surface area contributed by atoms with Gasteiger partial charge in [-0.3, -0.25) is 0 Å². The van der Waals surface area contributed by atoms with Gasteiger partial charge >= 0.3 is 0 Å². The van der Waals surface area contributed by atoms with Gasteiger partial charge in [0.05, 0.1) is 0 Å². The lowest BCUT2D eigenvalue weighted by molar-refractivity contribution is 0.373. The lowest BCUT2D eigenvalue weighted by atomic mass is 9.74. The van der Waals surface area contributed by atoms with Crippen molar-refractivity contribution in [1.29, 1.82) is 0 Å².